The lowest BCUT2D eigenvalue weighted by atomic mass is 9.92. The minimum atomic E-state index is -4.56. The molecule has 0 radical (unpaired) electrons. The van der Waals surface area contributed by atoms with E-state index >= 15 is 0 Å². The molecule has 1 aromatic carbocycles. The number of imidazole rings is 1. The van der Waals surface area contributed by atoms with Crippen molar-refractivity contribution in [3.63, 3.8) is 0 Å². The Hall–Kier alpha value is -3.01. The molecule has 0 unspecified atom stereocenters. The fourth-order valence-electron chi connectivity index (χ4n) is 3.62. The lowest BCUT2D eigenvalue weighted by molar-refractivity contribution is -0.137. The topological polar surface area (TPSA) is 80.0 Å². The average molecular weight is 436 g/mol. The fourth-order valence-corrected chi connectivity index (χ4v) is 3.62. The van der Waals surface area contributed by atoms with Crippen LogP contribution < -0.4 is 5.32 Å². The number of anilines is 1. The summed E-state index contributed by atoms with van der Waals surface area (Å²) in [6.07, 6.45) is -1.68. The van der Waals surface area contributed by atoms with Crippen LogP contribution in [0.15, 0.2) is 36.5 Å². The molecule has 0 spiro atoms. The molecule has 1 fully saturated rings. The van der Waals surface area contributed by atoms with Crippen LogP contribution in [0.2, 0.25) is 0 Å². The van der Waals surface area contributed by atoms with E-state index in [2.05, 4.69) is 15.3 Å². The predicted molar refractivity (Wildman–Crippen MR) is 105 cm³/mol. The van der Waals surface area contributed by atoms with Gasteiger partial charge >= 0.3 is 6.18 Å². The number of hydrogen-bond acceptors (Lipinski definition) is 4. The summed E-state index contributed by atoms with van der Waals surface area (Å²) in [4.78, 5) is 20.8. The van der Waals surface area contributed by atoms with E-state index in [1.54, 1.807) is 4.57 Å². The van der Waals surface area contributed by atoms with E-state index in [0.717, 1.165) is 37.6 Å². The number of carbonyl (C=O) groups is 1. The first kappa shape index (κ1) is 21.2. The summed E-state index contributed by atoms with van der Waals surface area (Å²) in [6.45, 7) is 1.38. The monoisotopic (exact) mass is 436 g/mol. The minimum absolute atomic E-state index is 0.0221. The quantitative estimate of drug-likeness (QED) is 0.575. The maximum atomic E-state index is 13.5. The van der Waals surface area contributed by atoms with Crippen LogP contribution in [0.25, 0.3) is 11.2 Å². The molecule has 3 aromatic rings. The third-order valence-corrected chi connectivity index (χ3v) is 5.50. The Balaban J connectivity index is 1.63. The van der Waals surface area contributed by atoms with Gasteiger partial charge in [0, 0.05) is 12.2 Å². The molecule has 31 heavy (non-hydrogen) atoms. The largest absolute Gasteiger partial charge is 0.417 e. The van der Waals surface area contributed by atoms with Crippen LogP contribution in [0.5, 0.6) is 0 Å². The summed E-state index contributed by atoms with van der Waals surface area (Å²) < 4.78 is 54.3. The summed E-state index contributed by atoms with van der Waals surface area (Å²) >= 11 is 0. The van der Waals surface area contributed by atoms with Crippen LogP contribution in [0.4, 0.5) is 23.5 Å². The van der Waals surface area contributed by atoms with Gasteiger partial charge in [-0.2, -0.15) is 13.2 Å². The third-order valence-electron chi connectivity index (χ3n) is 5.50. The number of nitrogens with zero attached hydrogens (tertiary/aromatic N) is 3. The van der Waals surface area contributed by atoms with Crippen LogP contribution in [0.1, 0.15) is 49.8 Å². The van der Waals surface area contributed by atoms with Crippen molar-refractivity contribution in [2.24, 2.45) is 0 Å². The van der Waals surface area contributed by atoms with Gasteiger partial charge in [0.1, 0.15) is 11.3 Å². The highest BCUT2D eigenvalue weighted by Gasteiger charge is 2.34. The Morgan fingerprint density at radius 2 is 2.00 bits per heavy atom. The van der Waals surface area contributed by atoms with Gasteiger partial charge in [0.2, 0.25) is 11.9 Å². The highest BCUT2D eigenvalue weighted by Crippen LogP contribution is 2.38. The molecule has 4 rings (SSSR count). The lowest BCUT2D eigenvalue weighted by Crippen LogP contribution is -2.30. The van der Waals surface area contributed by atoms with E-state index in [9.17, 15) is 27.5 Å². The maximum Gasteiger partial charge on any atom is 0.417 e. The molecule has 1 atom stereocenters. The number of hydrogen-bond donors (Lipinski definition) is 2. The molecule has 6 nitrogen and oxygen atoms in total. The first-order valence-corrected chi connectivity index (χ1v) is 9.78. The van der Waals surface area contributed by atoms with Gasteiger partial charge < -0.3 is 5.11 Å². The maximum absolute atomic E-state index is 13.5. The molecule has 0 saturated heterocycles. The van der Waals surface area contributed by atoms with Crippen molar-refractivity contribution in [3.8, 4) is 0 Å². The van der Waals surface area contributed by atoms with E-state index in [1.807, 2.05) is 0 Å². The molecule has 0 bridgehead atoms. The Morgan fingerprint density at radius 3 is 2.61 bits per heavy atom. The van der Waals surface area contributed by atoms with Crippen molar-refractivity contribution in [2.45, 2.75) is 50.4 Å². The van der Waals surface area contributed by atoms with Gasteiger partial charge in [-0.15, -0.1) is 0 Å². The van der Waals surface area contributed by atoms with Crippen LogP contribution in [-0.2, 0) is 16.6 Å². The number of carbonyl (C=O) groups excluding carboxylic acids is 1. The number of amides is 1. The summed E-state index contributed by atoms with van der Waals surface area (Å²) in [5.74, 6) is -1.08. The average Bonchev–Trinajstić information content (AvgIpc) is 2.96. The normalized spacial score (nSPS) is 16.7. The molecule has 2 aromatic heterocycles. The predicted octanol–water partition coefficient (Wildman–Crippen LogP) is 4.55. The van der Waals surface area contributed by atoms with Crippen molar-refractivity contribution in [2.75, 3.05) is 5.32 Å². The Morgan fingerprint density at radius 1 is 1.26 bits per heavy atom. The van der Waals surface area contributed by atoms with E-state index in [-0.39, 0.29) is 28.7 Å². The molecular weight excluding hydrogens is 416 g/mol. The van der Waals surface area contributed by atoms with Gasteiger partial charge in [0.05, 0.1) is 17.6 Å². The number of benzene rings is 1. The van der Waals surface area contributed by atoms with Crippen LogP contribution in [0.3, 0.4) is 0 Å². The van der Waals surface area contributed by atoms with E-state index in [4.69, 9.17) is 0 Å². The summed E-state index contributed by atoms with van der Waals surface area (Å²) in [7, 11) is 0. The highest BCUT2D eigenvalue weighted by molar-refractivity contribution is 5.91. The fraction of sp³-hybridized carbons (Fsp3) is 0.381. The van der Waals surface area contributed by atoms with Gasteiger partial charge in [-0.3, -0.25) is 14.7 Å². The van der Waals surface area contributed by atoms with Crippen molar-refractivity contribution < 1.29 is 27.5 Å². The summed E-state index contributed by atoms with van der Waals surface area (Å²) in [6, 6.07) is 6.16. The van der Waals surface area contributed by atoms with Gasteiger partial charge in [-0.05, 0) is 49.9 Å². The van der Waals surface area contributed by atoms with Crippen LogP contribution in [-0.4, -0.2) is 25.5 Å². The number of halogens is 4. The zero-order valence-electron chi connectivity index (χ0n) is 16.6. The molecule has 1 saturated carbocycles. The first-order chi connectivity index (χ1) is 14.5. The Kier molecular flexibility index (Phi) is 5.20. The zero-order chi connectivity index (χ0) is 22.4. The molecule has 1 amide bonds. The third kappa shape index (κ3) is 4.25. The molecular formula is C21H20F4N4O2. The lowest BCUT2D eigenvalue weighted by Gasteiger charge is -2.29. The van der Waals surface area contributed by atoms with Crippen molar-refractivity contribution in [1.29, 1.82) is 0 Å². The van der Waals surface area contributed by atoms with E-state index in [1.165, 1.54) is 25.1 Å². The van der Waals surface area contributed by atoms with Gasteiger partial charge in [0.15, 0.2) is 5.65 Å². The second kappa shape index (κ2) is 7.60. The van der Waals surface area contributed by atoms with Crippen molar-refractivity contribution in [1.82, 2.24) is 14.5 Å². The number of alkyl halides is 3. The molecule has 1 aliphatic rings. The number of nitrogens with one attached hydrogen (secondary N) is 1. The minimum Gasteiger partial charge on any atom is -0.385 e. The zero-order valence-corrected chi connectivity index (χ0v) is 16.6. The van der Waals surface area contributed by atoms with Gasteiger partial charge in [-0.1, -0.05) is 12.1 Å². The smallest absolute Gasteiger partial charge is 0.385 e. The van der Waals surface area contributed by atoms with Crippen LogP contribution in [0, 0.1) is 5.82 Å². The van der Waals surface area contributed by atoms with Crippen LogP contribution >= 0.6 is 0 Å². The number of fused-ring (bicyclic) bond motifs is 1. The molecule has 2 N–H and O–H groups in total. The molecule has 10 heteroatoms. The summed E-state index contributed by atoms with van der Waals surface area (Å²) in [5, 5.41) is 13.3. The second-order valence-electron chi connectivity index (χ2n) is 7.96. The second-order valence-corrected chi connectivity index (χ2v) is 7.96. The van der Waals surface area contributed by atoms with Crippen molar-refractivity contribution in [3.05, 3.63) is 53.5 Å². The molecule has 0 aliphatic heterocycles. The SMILES string of the molecule is C[C@](O)(CC(=O)Nc1nc2cc(C(F)(F)F)cnc2n1C1CCC1)c1cccc(F)c1. The van der Waals surface area contributed by atoms with Crippen molar-refractivity contribution >= 4 is 23.0 Å². The standard InChI is InChI=1S/C21H20F4N4O2/c1-20(31,12-4-2-5-14(22)8-12)10-17(30)28-19-27-16-9-13(21(23,24)25)11-26-18(16)29(19)15-6-3-7-15/h2,4-5,8-9,11,15,31H,3,6-7,10H2,1H3,(H,27,28,30)/t20-/m0/s1. The number of aliphatic hydroxyl groups is 1. The molecule has 164 valence electrons. The summed E-state index contributed by atoms with van der Waals surface area (Å²) in [5.41, 5.74) is -2.07. The van der Waals surface area contributed by atoms with E-state index < -0.39 is 35.5 Å². The molecule has 1 aliphatic carbocycles. The van der Waals surface area contributed by atoms with E-state index in [0.29, 0.717) is 0 Å². The Bertz CT molecular complexity index is 1140. The highest BCUT2D eigenvalue weighted by atomic mass is 19.4. The number of pyridine rings is 1. The number of aromatic nitrogens is 3. The molecule has 2 heterocycles. The first-order valence-electron chi connectivity index (χ1n) is 9.78. The van der Waals surface area contributed by atoms with Gasteiger partial charge in [0.25, 0.3) is 0 Å². The Labute approximate surface area is 174 Å². The van der Waals surface area contributed by atoms with Gasteiger partial charge in [-0.25, -0.2) is 14.4 Å². The number of rotatable bonds is 5.